The van der Waals surface area contributed by atoms with Crippen LogP contribution in [0.15, 0.2) is 23.9 Å². The molecule has 2 aromatic rings. The Morgan fingerprint density at radius 1 is 1.21 bits per heavy atom. The van der Waals surface area contributed by atoms with Crippen LogP contribution in [-0.4, -0.2) is 27.1 Å². The lowest BCUT2D eigenvalue weighted by Crippen LogP contribution is -2.10. The molecule has 0 saturated carbocycles. The predicted molar refractivity (Wildman–Crippen MR) is 109 cm³/mol. The van der Waals surface area contributed by atoms with E-state index in [2.05, 4.69) is 5.10 Å². The van der Waals surface area contributed by atoms with Crippen LogP contribution in [0.4, 0.5) is 5.69 Å². The molecule has 1 aromatic carbocycles. The van der Waals surface area contributed by atoms with Crippen LogP contribution in [0.2, 0.25) is 0 Å². The van der Waals surface area contributed by atoms with Gasteiger partial charge >= 0.3 is 0 Å². The molecule has 0 amide bonds. The minimum Gasteiger partial charge on any atom is -0.478 e. The summed E-state index contributed by atoms with van der Waals surface area (Å²) in [6.07, 6.45) is 2.37. The topological polar surface area (TPSA) is 87.3 Å². The Labute approximate surface area is 165 Å². The summed E-state index contributed by atoms with van der Waals surface area (Å²) < 4.78 is 7.36. The second kappa shape index (κ2) is 8.82. The van der Waals surface area contributed by atoms with E-state index in [0.29, 0.717) is 41.3 Å². The molecule has 0 unspecified atom stereocenters. The zero-order chi connectivity index (χ0) is 21.0. The van der Waals surface area contributed by atoms with Crippen LogP contribution < -0.4 is 4.74 Å². The molecule has 2 rings (SSSR count). The highest BCUT2D eigenvalue weighted by atomic mass is 16.6. The van der Waals surface area contributed by atoms with Crippen molar-refractivity contribution in [2.75, 3.05) is 6.61 Å². The van der Waals surface area contributed by atoms with Crippen molar-refractivity contribution in [3.8, 4) is 5.88 Å². The lowest BCUT2D eigenvalue weighted by molar-refractivity contribution is -0.385. The molecule has 150 valence electrons. The number of benzene rings is 1. The van der Waals surface area contributed by atoms with Crippen molar-refractivity contribution in [3.63, 3.8) is 0 Å². The van der Waals surface area contributed by atoms with Gasteiger partial charge in [0.05, 0.1) is 23.3 Å². The summed E-state index contributed by atoms with van der Waals surface area (Å²) in [6.45, 7) is 12.3. The molecule has 1 heterocycles. The highest BCUT2D eigenvalue weighted by Crippen LogP contribution is 2.34. The summed E-state index contributed by atoms with van der Waals surface area (Å²) >= 11 is 0. The summed E-state index contributed by atoms with van der Waals surface area (Å²) in [7, 11) is 0. The number of nitro groups is 1. The first kappa shape index (κ1) is 21.3. The van der Waals surface area contributed by atoms with Gasteiger partial charge in [-0.1, -0.05) is 12.5 Å². The van der Waals surface area contributed by atoms with Gasteiger partial charge in [-0.2, -0.15) is 5.10 Å². The number of ketones is 1. The highest BCUT2D eigenvalue weighted by Gasteiger charge is 2.26. The first-order valence-electron chi connectivity index (χ1n) is 9.40. The molecular formula is C21H27N3O4. The molecule has 7 nitrogen and oxygen atoms in total. The van der Waals surface area contributed by atoms with Gasteiger partial charge in [0.25, 0.3) is 5.69 Å². The normalized spacial score (nSPS) is 10.6. The second-order valence-electron chi connectivity index (χ2n) is 6.86. The second-order valence-corrected chi connectivity index (χ2v) is 6.86. The van der Waals surface area contributed by atoms with Gasteiger partial charge in [0.2, 0.25) is 5.88 Å². The summed E-state index contributed by atoms with van der Waals surface area (Å²) in [4.78, 5) is 24.4. The molecule has 0 N–H and O–H groups in total. The number of aryl methyl sites for hydroxylation is 1. The van der Waals surface area contributed by atoms with E-state index in [9.17, 15) is 14.9 Å². The Hall–Kier alpha value is -2.96. The summed E-state index contributed by atoms with van der Waals surface area (Å²) in [5.74, 6) is 0.189. The molecule has 0 atom stereocenters. The van der Waals surface area contributed by atoms with Crippen LogP contribution in [-0.2, 0) is 6.54 Å². The molecule has 0 aliphatic rings. The Kier molecular flexibility index (Phi) is 6.72. The molecule has 0 aliphatic carbocycles. The standard InChI is InChI=1S/C21H27N3O4/c1-7-11-23-21(28-8-2)17(12-22-23)20(25)16-9-10-18(24(26)27)19(15(16)6)14(5)13(3)4/h9-10,12H,7-8,11H2,1-6H3. The quantitative estimate of drug-likeness (QED) is 0.364. The number of hydrogen-bond donors (Lipinski definition) is 0. The molecule has 28 heavy (non-hydrogen) atoms. The highest BCUT2D eigenvalue weighted by molar-refractivity contribution is 6.12. The van der Waals surface area contributed by atoms with Crippen LogP contribution in [0, 0.1) is 17.0 Å². The third-order valence-electron chi connectivity index (χ3n) is 4.76. The van der Waals surface area contributed by atoms with Crippen molar-refractivity contribution in [1.29, 1.82) is 0 Å². The van der Waals surface area contributed by atoms with Crippen LogP contribution in [0.3, 0.4) is 0 Å². The third kappa shape index (κ3) is 3.98. The van der Waals surface area contributed by atoms with Gasteiger partial charge < -0.3 is 4.74 Å². The van der Waals surface area contributed by atoms with E-state index < -0.39 is 4.92 Å². The summed E-state index contributed by atoms with van der Waals surface area (Å²) in [5.41, 5.74) is 3.62. The van der Waals surface area contributed by atoms with Crippen molar-refractivity contribution >= 4 is 17.0 Å². The van der Waals surface area contributed by atoms with E-state index in [-0.39, 0.29) is 11.5 Å². The zero-order valence-electron chi connectivity index (χ0n) is 17.3. The van der Waals surface area contributed by atoms with Gasteiger partial charge in [-0.15, -0.1) is 0 Å². The van der Waals surface area contributed by atoms with Gasteiger partial charge in [0.15, 0.2) is 5.78 Å². The number of rotatable bonds is 8. The number of ether oxygens (including phenoxy) is 1. The van der Waals surface area contributed by atoms with E-state index >= 15 is 0 Å². The van der Waals surface area contributed by atoms with Gasteiger partial charge in [0.1, 0.15) is 5.56 Å². The minimum absolute atomic E-state index is 0.000500. The molecule has 7 heteroatoms. The molecular weight excluding hydrogens is 358 g/mol. The Bertz CT molecular complexity index is 937. The largest absolute Gasteiger partial charge is 0.478 e. The molecule has 0 saturated heterocycles. The maximum atomic E-state index is 13.3. The maximum absolute atomic E-state index is 13.3. The third-order valence-corrected chi connectivity index (χ3v) is 4.76. The number of carbonyl (C=O) groups is 1. The van der Waals surface area contributed by atoms with Crippen molar-refractivity contribution in [3.05, 3.63) is 56.3 Å². The number of nitrogens with zero attached hydrogens (tertiary/aromatic N) is 3. The van der Waals surface area contributed by atoms with Crippen LogP contribution in [0.1, 0.15) is 68.1 Å². The number of hydrogen-bond acceptors (Lipinski definition) is 5. The fourth-order valence-corrected chi connectivity index (χ4v) is 3.15. The minimum atomic E-state index is -0.409. The SMILES string of the molecule is CCCn1ncc(C(=O)c2ccc([N+](=O)[O-])c(C(C)=C(C)C)c2C)c1OCC. The monoisotopic (exact) mass is 385 g/mol. The van der Waals surface area contributed by atoms with Crippen LogP contribution >= 0.6 is 0 Å². The molecule has 1 aromatic heterocycles. The van der Waals surface area contributed by atoms with E-state index in [1.165, 1.54) is 18.3 Å². The van der Waals surface area contributed by atoms with Crippen LogP contribution in [0.25, 0.3) is 5.57 Å². The fourth-order valence-electron chi connectivity index (χ4n) is 3.15. The summed E-state index contributed by atoms with van der Waals surface area (Å²) in [6, 6.07) is 2.92. The predicted octanol–water partition coefficient (Wildman–Crippen LogP) is 4.95. The van der Waals surface area contributed by atoms with E-state index in [1.54, 1.807) is 11.6 Å². The van der Waals surface area contributed by atoms with E-state index in [0.717, 1.165) is 17.6 Å². The Morgan fingerprint density at radius 2 is 1.89 bits per heavy atom. The first-order chi connectivity index (χ1) is 13.2. The summed E-state index contributed by atoms with van der Waals surface area (Å²) in [5, 5.41) is 15.8. The van der Waals surface area contributed by atoms with Crippen molar-refractivity contribution in [1.82, 2.24) is 9.78 Å². The van der Waals surface area contributed by atoms with E-state index in [4.69, 9.17) is 4.74 Å². The smallest absolute Gasteiger partial charge is 0.277 e. The van der Waals surface area contributed by atoms with Gasteiger partial charge in [-0.25, -0.2) is 4.68 Å². The molecule has 0 radical (unpaired) electrons. The van der Waals surface area contributed by atoms with Crippen molar-refractivity contribution in [2.24, 2.45) is 0 Å². The molecule has 0 fully saturated rings. The van der Waals surface area contributed by atoms with Crippen molar-refractivity contribution < 1.29 is 14.5 Å². The Morgan fingerprint density at radius 3 is 2.43 bits per heavy atom. The number of nitro benzene ring substituents is 1. The number of carbonyl (C=O) groups excluding carboxylic acids is 1. The van der Waals surface area contributed by atoms with Gasteiger partial charge in [-0.05, 0) is 58.2 Å². The zero-order valence-corrected chi connectivity index (χ0v) is 17.3. The first-order valence-corrected chi connectivity index (χ1v) is 9.40. The number of aromatic nitrogens is 2. The van der Waals surface area contributed by atoms with Gasteiger partial charge in [-0.3, -0.25) is 14.9 Å². The van der Waals surface area contributed by atoms with Crippen molar-refractivity contribution in [2.45, 2.75) is 54.5 Å². The lowest BCUT2D eigenvalue weighted by Gasteiger charge is -2.14. The number of allylic oxidation sites excluding steroid dienone is 2. The van der Waals surface area contributed by atoms with Gasteiger partial charge in [0, 0.05) is 18.2 Å². The molecule has 0 spiro atoms. The van der Waals surface area contributed by atoms with E-state index in [1.807, 2.05) is 34.6 Å². The Balaban J connectivity index is 2.67. The molecule has 0 aliphatic heterocycles. The molecule has 0 bridgehead atoms. The average molecular weight is 385 g/mol. The maximum Gasteiger partial charge on any atom is 0.277 e. The van der Waals surface area contributed by atoms with Crippen LogP contribution in [0.5, 0.6) is 5.88 Å². The lowest BCUT2D eigenvalue weighted by atomic mass is 9.90. The fraction of sp³-hybridized carbons (Fsp3) is 0.429. The average Bonchev–Trinajstić information content (AvgIpc) is 3.03.